The Balaban J connectivity index is 2.98. The number of halogens is 4. The van der Waals surface area contributed by atoms with E-state index in [-0.39, 0.29) is 12.2 Å². The molecule has 0 aliphatic rings. The van der Waals surface area contributed by atoms with Crippen molar-refractivity contribution >= 4 is 17.6 Å². The van der Waals surface area contributed by atoms with E-state index in [0.717, 1.165) is 12.1 Å². The molecule has 0 aliphatic heterocycles. The van der Waals surface area contributed by atoms with Crippen molar-refractivity contribution in [3.05, 3.63) is 34.3 Å². The molecule has 1 aromatic carbocycles. The van der Waals surface area contributed by atoms with Crippen molar-refractivity contribution in [1.82, 2.24) is 0 Å². The molecule has 0 saturated heterocycles. The maximum Gasteiger partial charge on any atom is 0.417 e. The summed E-state index contributed by atoms with van der Waals surface area (Å²) in [6.07, 6.45) is -6.50. The summed E-state index contributed by atoms with van der Waals surface area (Å²) in [4.78, 5) is 11.2. The zero-order valence-corrected chi connectivity index (χ0v) is 10.8. The number of esters is 1. The van der Waals surface area contributed by atoms with Crippen molar-refractivity contribution in [2.75, 3.05) is 6.61 Å². The van der Waals surface area contributed by atoms with Crippen LogP contribution < -0.4 is 0 Å². The van der Waals surface area contributed by atoms with Crippen LogP contribution in [0.1, 0.15) is 30.6 Å². The third-order valence-electron chi connectivity index (χ3n) is 2.36. The van der Waals surface area contributed by atoms with Gasteiger partial charge >= 0.3 is 12.1 Å². The Morgan fingerprint density at radius 2 is 2.11 bits per heavy atom. The number of aliphatic hydroxyl groups excluding tert-OH is 1. The summed E-state index contributed by atoms with van der Waals surface area (Å²) in [5.41, 5.74) is -1.20. The molecule has 0 fully saturated rings. The molecule has 19 heavy (non-hydrogen) atoms. The number of alkyl halides is 3. The first-order valence-corrected chi connectivity index (χ1v) is 5.84. The van der Waals surface area contributed by atoms with Crippen molar-refractivity contribution in [2.45, 2.75) is 25.6 Å². The van der Waals surface area contributed by atoms with E-state index in [2.05, 4.69) is 4.74 Å². The van der Waals surface area contributed by atoms with Crippen LogP contribution in [0.25, 0.3) is 0 Å². The summed E-state index contributed by atoms with van der Waals surface area (Å²) >= 11 is 5.62. The van der Waals surface area contributed by atoms with Crippen LogP contribution in [0, 0.1) is 0 Å². The molecule has 0 aliphatic carbocycles. The zero-order chi connectivity index (χ0) is 14.6. The molecular weight excluding hydrogens is 285 g/mol. The van der Waals surface area contributed by atoms with Crippen LogP contribution in [0.4, 0.5) is 13.2 Å². The van der Waals surface area contributed by atoms with Gasteiger partial charge in [-0.2, -0.15) is 13.2 Å². The van der Waals surface area contributed by atoms with Crippen LogP contribution in [-0.2, 0) is 15.7 Å². The second kappa shape index (κ2) is 6.25. The fourth-order valence-electron chi connectivity index (χ4n) is 1.51. The van der Waals surface area contributed by atoms with E-state index in [4.69, 9.17) is 11.6 Å². The molecule has 0 aromatic heterocycles. The van der Waals surface area contributed by atoms with E-state index in [1.807, 2.05) is 0 Å². The van der Waals surface area contributed by atoms with Gasteiger partial charge in [-0.25, -0.2) is 0 Å². The van der Waals surface area contributed by atoms with Crippen LogP contribution in [-0.4, -0.2) is 17.7 Å². The highest BCUT2D eigenvalue weighted by atomic mass is 35.5. The minimum Gasteiger partial charge on any atom is -0.466 e. The lowest BCUT2D eigenvalue weighted by Crippen LogP contribution is -2.12. The molecule has 0 radical (unpaired) electrons. The highest BCUT2D eigenvalue weighted by molar-refractivity contribution is 6.32. The van der Waals surface area contributed by atoms with E-state index in [1.165, 1.54) is 6.07 Å². The normalized spacial score (nSPS) is 13.2. The minimum atomic E-state index is -4.61. The van der Waals surface area contributed by atoms with Crippen molar-refractivity contribution < 1.29 is 27.8 Å². The minimum absolute atomic E-state index is 0.127. The summed E-state index contributed by atoms with van der Waals surface area (Å²) in [5.74, 6) is -0.705. The highest BCUT2D eigenvalue weighted by Crippen LogP contribution is 2.38. The Bertz CT molecular complexity index is 460. The van der Waals surface area contributed by atoms with Gasteiger partial charge in [0.05, 0.1) is 29.7 Å². The average Bonchev–Trinajstić information content (AvgIpc) is 2.27. The quantitative estimate of drug-likeness (QED) is 0.867. The predicted molar refractivity (Wildman–Crippen MR) is 62.7 cm³/mol. The standard InChI is InChI=1S/C12H12ClF3O3/c1-2-19-10(18)6-9(17)7-4-3-5-8(11(7)13)12(14,15)16/h3-5,9,17H,2,6H2,1H3. The van der Waals surface area contributed by atoms with Crippen molar-refractivity contribution in [2.24, 2.45) is 0 Å². The molecule has 1 N–H and O–H groups in total. The van der Waals surface area contributed by atoms with E-state index >= 15 is 0 Å². The molecule has 7 heteroatoms. The Kier molecular flexibility index (Phi) is 5.20. The molecule has 106 valence electrons. The van der Waals surface area contributed by atoms with Crippen LogP contribution in [0.5, 0.6) is 0 Å². The van der Waals surface area contributed by atoms with Gasteiger partial charge in [0, 0.05) is 5.56 Å². The molecule has 1 rings (SSSR count). The monoisotopic (exact) mass is 296 g/mol. The number of benzene rings is 1. The fourth-order valence-corrected chi connectivity index (χ4v) is 1.87. The summed E-state index contributed by atoms with van der Waals surface area (Å²) in [5, 5.41) is 9.13. The molecule has 1 unspecified atom stereocenters. The summed E-state index contributed by atoms with van der Waals surface area (Å²) in [6.45, 7) is 1.71. The van der Waals surface area contributed by atoms with Gasteiger partial charge in [0.15, 0.2) is 0 Å². The van der Waals surface area contributed by atoms with Crippen LogP contribution in [0.2, 0.25) is 5.02 Å². The van der Waals surface area contributed by atoms with Crippen LogP contribution >= 0.6 is 11.6 Å². The van der Waals surface area contributed by atoms with E-state index in [0.29, 0.717) is 0 Å². The molecule has 0 amide bonds. The maximum atomic E-state index is 12.6. The maximum absolute atomic E-state index is 12.6. The average molecular weight is 297 g/mol. The van der Waals surface area contributed by atoms with Gasteiger partial charge in [0.1, 0.15) is 0 Å². The Labute approximate surface area is 112 Å². The number of hydrogen-bond donors (Lipinski definition) is 1. The number of ether oxygens (including phenoxy) is 1. The Morgan fingerprint density at radius 1 is 1.47 bits per heavy atom. The molecule has 0 heterocycles. The number of rotatable bonds is 4. The molecule has 1 aromatic rings. The fraction of sp³-hybridized carbons (Fsp3) is 0.417. The second-order valence-electron chi connectivity index (χ2n) is 3.73. The summed E-state index contributed by atoms with van der Waals surface area (Å²) in [6, 6.07) is 3.17. The first kappa shape index (κ1) is 15.8. The van der Waals surface area contributed by atoms with Gasteiger partial charge in [-0.3, -0.25) is 4.79 Å². The highest BCUT2D eigenvalue weighted by Gasteiger charge is 2.34. The number of carbonyl (C=O) groups excluding carboxylic acids is 1. The van der Waals surface area contributed by atoms with Gasteiger partial charge < -0.3 is 9.84 Å². The molecule has 0 spiro atoms. The lowest BCUT2D eigenvalue weighted by molar-refractivity contribution is -0.145. The number of hydrogen-bond acceptors (Lipinski definition) is 3. The van der Waals surface area contributed by atoms with E-state index in [1.54, 1.807) is 6.92 Å². The Hall–Kier alpha value is -1.27. The second-order valence-corrected chi connectivity index (χ2v) is 4.11. The van der Waals surface area contributed by atoms with Crippen molar-refractivity contribution in [3.8, 4) is 0 Å². The number of aliphatic hydroxyl groups is 1. The largest absolute Gasteiger partial charge is 0.466 e. The van der Waals surface area contributed by atoms with Gasteiger partial charge in [0.25, 0.3) is 0 Å². The van der Waals surface area contributed by atoms with Crippen molar-refractivity contribution in [1.29, 1.82) is 0 Å². The molecule has 1 atom stereocenters. The van der Waals surface area contributed by atoms with Crippen LogP contribution in [0.15, 0.2) is 18.2 Å². The predicted octanol–water partition coefficient (Wildman–Crippen LogP) is 3.35. The molecule has 3 nitrogen and oxygen atoms in total. The summed E-state index contributed by atoms with van der Waals surface area (Å²) in [7, 11) is 0. The van der Waals surface area contributed by atoms with E-state index < -0.39 is 35.3 Å². The summed E-state index contributed by atoms with van der Waals surface area (Å²) < 4.78 is 42.5. The SMILES string of the molecule is CCOC(=O)CC(O)c1cccc(C(F)(F)F)c1Cl. The smallest absolute Gasteiger partial charge is 0.417 e. The Morgan fingerprint density at radius 3 is 2.63 bits per heavy atom. The molecular formula is C12H12ClF3O3. The lowest BCUT2D eigenvalue weighted by Gasteiger charge is -2.16. The zero-order valence-electron chi connectivity index (χ0n) is 10.00. The van der Waals surface area contributed by atoms with Gasteiger partial charge in [-0.05, 0) is 13.0 Å². The topological polar surface area (TPSA) is 46.5 Å². The van der Waals surface area contributed by atoms with Gasteiger partial charge in [-0.15, -0.1) is 0 Å². The molecule has 0 saturated carbocycles. The third-order valence-corrected chi connectivity index (χ3v) is 2.78. The van der Waals surface area contributed by atoms with Gasteiger partial charge in [0.2, 0.25) is 0 Å². The molecule has 0 bridgehead atoms. The van der Waals surface area contributed by atoms with Crippen molar-refractivity contribution in [3.63, 3.8) is 0 Å². The first-order chi connectivity index (χ1) is 8.77. The number of carbonyl (C=O) groups is 1. The van der Waals surface area contributed by atoms with Crippen LogP contribution in [0.3, 0.4) is 0 Å². The third kappa shape index (κ3) is 4.11. The van der Waals surface area contributed by atoms with Gasteiger partial charge in [-0.1, -0.05) is 23.7 Å². The van der Waals surface area contributed by atoms with E-state index in [9.17, 15) is 23.1 Å². The lowest BCUT2D eigenvalue weighted by atomic mass is 10.0. The first-order valence-electron chi connectivity index (χ1n) is 5.46.